The van der Waals surface area contributed by atoms with E-state index in [1.54, 1.807) is 0 Å². The van der Waals surface area contributed by atoms with Crippen molar-refractivity contribution < 1.29 is 0 Å². The fourth-order valence-corrected chi connectivity index (χ4v) is 1.92. The van der Waals surface area contributed by atoms with Crippen LogP contribution in [-0.2, 0) is 0 Å². The van der Waals surface area contributed by atoms with E-state index in [4.69, 9.17) is 12.2 Å². The summed E-state index contributed by atoms with van der Waals surface area (Å²) in [6.07, 6.45) is 0. The second kappa shape index (κ2) is 4.19. The van der Waals surface area contributed by atoms with Crippen LogP contribution < -0.4 is 4.90 Å². The van der Waals surface area contributed by atoms with Gasteiger partial charge in [0.1, 0.15) is 0 Å². The Hall–Kier alpha value is -0.420. The van der Waals surface area contributed by atoms with Gasteiger partial charge in [-0.2, -0.15) is 0 Å². The SMILES string of the molecule is CC(C)C(C)N(C)c1n[nH]c(=S)s1. The number of aromatic amines is 1. The van der Waals surface area contributed by atoms with Crippen LogP contribution in [0.4, 0.5) is 5.13 Å². The molecule has 0 aliphatic carbocycles. The summed E-state index contributed by atoms with van der Waals surface area (Å²) in [4.78, 5) is 2.15. The van der Waals surface area contributed by atoms with Gasteiger partial charge in [-0.1, -0.05) is 25.2 Å². The zero-order valence-corrected chi connectivity index (χ0v) is 10.00. The molecule has 1 atom stereocenters. The van der Waals surface area contributed by atoms with Gasteiger partial charge in [0.15, 0.2) is 3.95 Å². The van der Waals surface area contributed by atoms with E-state index in [-0.39, 0.29) is 0 Å². The Labute approximate surface area is 87.8 Å². The molecule has 1 unspecified atom stereocenters. The molecule has 0 radical (unpaired) electrons. The van der Waals surface area contributed by atoms with Crippen LogP contribution in [0, 0.1) is 9.87 Å². The number of hydrogen-bond acceptors (Lipinski definition) is 4. The van der Waals surface area contributed by atoms with E-state index in [1.807, 2.05) is 7.05 Å². The molecule has 0 amide bonds. The van der Waals surface area contributed by atoms with Crippen molar-refractivity contribution in [3.63, 3.8) is 0 Å². The van der Waals surface area contributed by atoms with E-state index < -0.39 is 0 Å². The Morgan fingerprint density at radius 3 is 2.46 bits per heavy atom. The quantitative estimate of drug-likeness (QED) is 0.790. The number of hydrogen-bond donors (Lipinski definition) is 1. The molecule has 0 spiro atoms. The maximum Gasteiger partial charge on any atom is 0.206 e. The summed E-state index contributed by atoms with van der Waals surface area (Å²) < 4.78 is 0.734. The lowest BCUT2D eigenvalue weighted by Crippen LogP contribution is -2.32. The predicted molar refractivity (Wildman–Crippen MR) is 60.0 cm³/mol. The minimum Gasteiger partial charge on any atom is -0.347 e. The Morgan fingerprint density at radius 2 is 2.08 bits per heavy atom. The molecule has 1 rings (SSSR count). The lowest BCUT2D eigenvalue weighted by atomic mass is 10.1. The van der Waals surface area contributed by atoms with Gasteiger partial charge in [-0.05, 0) is 25.1 Å². The van der Waals surface area contributed by atoms with Crippen molar-refractivity contribution in [3.8, 4) is 0 Å². The van der Waals surface area contributed by atoms with Gasteiger partial charge in [-0.25, -0.2) is 0 Å². The Kier molecular flexibility index (Phi) is 3.44. The van der Waals surface area contributed by atoms with E-state index in [1.165, 1.54) is 11.3 Å². The minimum atomic E-state index is 0.481. The van der Waals surface area contributed by atoms with Crippen LogP contribution in [0.3, 0.4) is 0 Å². The highest BCUT2D eigenvalue weighted by Crippen LogP contribution is 2.20. The summed E-state index contributed by atoms with van der Waals surface area (Å²) in [6.45, 7) is 6.59. The van der Waals surface area contributed by atoms with Gasteiger partial charge in [0.05, 0.1) is 0 Å². The zero-order chi connectivity index (χ0) is 10.0. The number of anilines is 1. The first-order valence-corrected chi connectivity index (χ1v) is 5.53. The molecule has 0 saturated heterocycles. The molecule has 0 aliphatic rings. The number of aromatic nitrogens is 2. The summed E-state index contributed by atoms with van der Waals surface area (Å²) in [6, 6.07) is 0.481. The van der Waals surface area contributed by atoms with E-state index in [0.29, 0.717) is 12.0 Å². The topological polar surface area (TPSA) is 31.9 Å². The fraction of sp³-hybridized carbons (Fsp3) is 0.750. The van der Waals surface area contributed by atoms with Gasteiger partial charge in [0, 0.05) is 13.1 Å². The third kappa shape index (κ3) is 2.51. The normalized spacial score (nSPS) is 13.3. The molecule has 13 heavy (non-hydrogen) atoms. The molecular formula is C8H15N3S2. The van der Waals surface area contributed by atoms with E-state index in [9.17, 15) is 0 Å². The van der Waals surface area contributed by atoms with E-state index >= 15 is 0 Å². The third-order valence-electron chi connectivity index (χ3n) is 2.30. The highest BCUT2D eigenvalue weighted by Gasteiger charge is 2.15. The highest BCUT2D eigenvalue weighted by atomic mass is 32.1. The van der Waals surface area contributed by atoms with Crippen molar-refractivity contribution in [1.29, 1.82) is 0 Å². The molecule has 1 N–H and O–H groups in total. The standard InChI is InChI=1S/C8H15N3S2/c1-5(2)6(3)11(4)7-9-10-8(12)13-7/h5-6H,1-4H3,(H,10,12). The molecular weight excluding hydrogens is 202 g/mol. The summed E-state index contributed by atoms with van der Waals surface area (Å²) in [7, 11) is 2.05. The van der Waals surface area contributed by atoms with Crippen LogP contribution in [-0.4, -0.2) is 23.3 Å². The van der Waals surface area contributed by atoms with Crippen LogP contribution in [0.1, 0.15) is 20.8 Å². The van der Waals surface area contributed by atoms with Crippen molar-refractivity contribution in [2.45, 2.75) is 26.8 Å². The molecule has 0 fully saturated rings. The monoisotopic (exact) mass is 217 g/mol. The Balaban J connectivity index is 2.78. The maximum absolute atomic E-state index is 4.98. The number of nitrogens with zero attached hydrogens (tertiary/aromatic N) is 2. The van der Waals surface area contributed by atoms with Gasteiger partial charge < -0.3 is 4.90 Å². The molecule has 1 aromatic rings. The van der Waals surface area contributed by atoms with Gasteiger partial charge in [0.25, 0.3) is 0 Å². The Morgan fingerprint density at radius 1 is 1.46 bits per heavy atom. The van der Waals surface area contributed by atoms with Gasteiger partial charge >= 0.3 is 0 Å². The number of H-pyrrole nitrogens is 1. The van der Waals surface area contributed by atoms with Crippen LogP contribution >= 0.6 is 23.6 Å². The largest absolute Gasteiger partial charge is 0.347 e. The van der Waals surface area contributed by atoms with Crippen LogP contribution in [0.25, 0.3) is 0 Å². The Bertz CT molecular complexity index is 315. The lowest BCUT2D eigenvalue weighted by Gasteiger charge is -2.26. The predicted octanol–water partition coefficient (Wildman–Crippen LogP) is 2.68. The van der Waals surface area contributed by atoms with Gasteiger partial charge in [0.2, 0.25) is 5.13 Å². The molecule has 3 nitrogen and oxygen atoms in total. The molecule has 1 heterocycles. The molecule has 74 valence electrons. The maximum atomic E-state index is 4.98. The summed E-state index contributed by atoms with van der Waals surface area (Å²) in [5.74, 6) is 0.613. The number of rotatable bonds is 3. The number of nitrogens with one attached hydrogen (secondary N) is 1. The van der Waals surface area contributed by atoms with Crippen molar-refractivity contribution in [3.05, 3.63) is 3.95 Å². The van der Waals surface area contributed by atoms with Gasteiger partial charge in [-0.3, -0.25) is 5.10 Å². The first-order valence-electron chi connectivity index (χ1n) is 4.30. The lowest BCUT2D eigenvalue weighted by molar-refractivity contribution is 0.504. The summed E-state index contributed by atoms with van der Waals surface area (Å²) in [5, 5.41) is 7.88. The van der Waals surface area contributed by atoms with Crippen LogP contribution in [0.5, 0.6) is 0 Å². The van der Waals surface area contributed by atoms with Crippen LogP contribution in [0.2, 0.25) is 0 Å². The summed E-state index contributed by atoms with van der Waals surface area (Å²) >= 11 is 6.49. The molecule has 0 bridgehead atoms. The fourth-order valence-electron chi connectivity index (χ4n) is 0.994. The first kappa shape index (κ1) is 10.7. The molecule has 0 aliphatic heterocycles. The van der Waals surface area contributed by atoms with Gasteiger partial charge in [-0.15, -0.1) is 5.10 Å². The third-order valence-corrected chi connectivity index (χ3v) is 3.48. The molecule has 1 aromatic heterocycles. The zero-order valence-electron chi connectivity index (χ0n) is 8.37. The second-order valence-corrected chi connectivity index (χ2v) is 5.14. The van der Waals surface area contributed by atoms with Crippen molar-refractivity contribution in [2.24, 2.45) is 5.92 Å². The van der Waals surface area contributed by atoms with E-state index in [2.05, 4.69) is 35.9 Å². The molecule has 5 heteroatoms. The average molecular weight is 217 g/mol. The minimum absolute atomic E-state index is 0.481. The van der Waals surface area contributed by atoms with Crippen molar-refractivity contribution >= 4 is 28.7 Å². The first-order chi connectivity index (χ1) is 6.02. The smallest absolute Gasteiger partial charge is 0.206 e. The average Bonchev–Trinajstić information content (AvgIpc) is 2.49. The molecule has 0 saturated carbocycles. The summed E-state index contributed by atoms with van der Waals surface area (Å²) in [5.41, 5.74) is 0. The second-order valence-electron chi connectivity index (χ2n) is 3.49. The highest BCUT2D eigenvalue weighted by molar-refractivity contribution is 7.73. The van der Waals surface area contributed by atoms with E-state index in [0.717, 1.165) is 9.09 Å². The van der Waals surface area contributed by atoms with Crippen LogP contribution in [0.15, 0.2) is 0 Å². The van der Waals surface area contributed by atoms with Crippen molar-refractivity contribution in [2.75, 3.05) is 11.9 Å². The van der Waals surface area contributed by atoms with Crippen molar-refractivity contribution in [1.82, 2.24) is 10.2 Å². The molecule has 0 aromatic carbocycles.